The Morgan fingerprint density at radius 3 is 2.78 bits per heavy atom. The van der Waals surface area contributed by atoms with Crippen LogP contribution < -0.4 is 5.32 Å². The molecule has 0 aromatic heterocycles. The first-order chi connectivity index (χ1) is 8.58. The second kappa shape index (κ2) is 5.72. The summed E-state index contributed by atoms with van der Waals surface area (Å²) in [6.45, 7) is 2.37. The van der Waals surface area contributed by atoms with E-state index in [4.69, 9.17) is 11.6 Å². The van der Waals surface area contributed by atoms with Gasteiger partial charge in [0.2, 0.25) is 0 Å². The molecular formula is C14H12BrClFN. The highest BCUT2D eigenvalue weighted by atomic mass is 79.9. The SMILES string of the molecule is Cc1c(F)cccc1NCc1ccc(Cl)cc1Br. The van der Waals surface area contributed by atoms with Crippen LogP contribution in [0.15, 0.2) is 40.9 Å². The molecule has 2 rings (SSSR count). The zero-order chi connectivity index (χ0) is 13.1. The Balaban J connectivity index is 2.14. The zero-order valence-corrected chi connectivity index (χ0v) is 12.1. The summed E-state index contributed by atoms with van der Waals surface area (Å²) in [4.78, 5) is 0. The first-order valence-electron chi connectivity index (χ1n) is 5.51. The summed E-state index contributed by atoms with van der Waals surface area (Å²) in [7, 11) is 0. The van der Waals surface area contributed by atoms with Crippen molar-refractivity contribution in [2.24, 2.45) is 0 Å². The van der Waals surface area contributed by atoms with Crippen LogP contribution in [0, 0.1) is 12.7 Å². The van der Waals surface area contributed by atoms with Gasteiger partial charge in [0.15, 0.2) is 0 Å². The van der Waals surface area contributed by atoms with Crippen molar-refractivity contribution in [1.29, 1.82) is 0 Å². The van der Waals surface area contributed by atoms with Crippen molar-refractivity contribution < 1.29 is 4.39 Å². The number of hydrogen-bond acceptors (Lipinski definition) is 1. The van der Waals surface area contributed by atoms with Gasteiger partial charge in [0.05, 0.1) is 0 Å². The van der Waals surface area contributed by atoms with E-state index in [1.165, 1.54) is 6.07 Å². The zero-order valence-electron chi connectivity index (χ0n) is 9.81. The maximum absolute atomic E-state index is 13.4. The van der Waals surface area contributed by atoms with Gasteiger partial charge < -0.3 is 5.32 Å². The van der Waals surface area contributed by atoms with Crippen molar-refractivity contribution in [2.75, 3.05) is 5.32 Å². The third-order valence-corrected chi connectivity index (χ3v) is 3.73. The van der Waals surface area contributed by atoms with Gasteiger partial charge in [-0.1, -0.05) is 39.7 Å². The number of rotatable bonds is 3. The van der Waals surface area contributed by atoms with E-state index in [1.54, 1.807) is 13.0 Å². The molecule has 0 saturated carbocycles. The Morgan fingerprint density at radius 2 is 2.06 bits per heavy atom. The maximum Gasteiger partial charge on any atom is 0.128 e. The number of benzene rings is 2. The highest BCUT2D eigenvalue weighted by Gasteiger charge is 2.04. The monoisotopic (exact) mass is 327 g/mol. The van der Waals surface area contributed by atoms with Crippen LogP contribution in [0.1, 0.15) is 11.1 Å². The Morgan fingerprint density at radius 1 is 1.28 bits per heavy atom. The third-order valence-electron chi connectivity index (χ3n) is 2.75. The smallest absolute Gasteiger partial charge is 0.128 e. The molecule has 0 aliphatic rings. The van der Waals surface area contributed by atoms with Crippen molar-refractivity contribution in [2.45, 2.75) is 13.5 Å². The molecule has 0 saturated heterocycles. The molecule has 0 heterocycles. The van der Waals surface area contributed by atoms with Crippen LogP contribution in [0.2, 0.25) is 5.02 Å². The van der Waals surface area contributed by atoms with Crippen molar-refractivity contribution in [3.8, 4) is 0 Å². The van der Waals surface area contributed by atoms with Crippen LogP contribution in [0.25, 0.3) is 0 Å². The summed E-state index contributed by atoms with van der Waals surface area (Å²) in [5.74, 6) is -0.199. The molecular weight excluding hydrogens is 317 g/mol. The average molecular weight is 329 g/mol. The van der Waals surface area contributed by atoms with Gasteiger partial charge in [0, 0.05) is 27.3 Å². The highest BCUT2D eigenvalue weighted by molar-refractivity contribution is 9.10. The standard InChI is InChI=1S/C14H12BrClFN/c1-9-13(17)3-2-4-14(9)18-8-10-5-6-11(16)7-12(10)15/h2-7,18H,8H2,1H3. The molecule has 0 unspecified atom stereocenters. The van der Waals surface area contributed by atoms with E-state index in [0.29, 0.717) is 17.1 Å². The summed E-state index contributed by atoms with van der Waals surface area (Å²) >= 11 is 9.34. The fourth-order valence-electron chi connectivity index (χ4n) is 1.65. The Kier molecular flexibility index (Phi) is 4.25. The summed E-state index contributed by atoms with van der Waals surface area (Å²) < 4.78 is 14.3. The third kappa shape index (κ3) is 3.03. The summed E-state index contributed by atoms with van der Waals surface area (Å²) in [6, 6.07) is 10.6. The molecule has 0 radical (unpaired) electrons. The number of halogens is 3. The van der Waals surface area contributed by atoms with E-state index in [0.717, 1.165) is 15.7 Å². The molecule has 2 aromatic carbocycles. The number of anilines is 1. The Bertz CT molecular complexity index is 572. The van der Waals surface area contributed by atoms with E-state index in [9.17, 15) is 4.39 Å². The summed E-state index contributed by atoms with van der Waals surface area (Å²) in [5.41, 5.74) is 2.50. The predicted octanol–water partition coefficient (Wildman–Crippen LogP) is 5.16. The van der Waals surface area contributed by atoms with Crippen LogP contribution in [0.5, 0.6) is 0 Å². The quantitative estimate of drug-likeness (QED) is 0.820. The van der Waals surface area contributed by atoms with Gasteiger partial charge in [0.1, 0.15) is 5.82 Å². The number of hydrogen-bond donors (Lipinski definition) is 1. The first kappa shape index (κ1) is 13.4. The molecule has 0 atom stereocenters. The van der Waals surface area contributed by atoms with Gasteiger partial charge in [-0.15, -0.1) is 0 Å². The highest BCUT2D eigenvalue weighted by Crippen LogP contribution is 2.23. The van der Waals surface area contributed by atoms with Crippen LogP contribution >= 0.6 is 27.5 Å². The topological polar surface area (TPSA) is 12.0 Å². The lowest BCUT2D eigenvalue weighted by atomic mass is 10.1. The predicted molar refractivity (Wildman–Crippen MR) is 77.6 cm³/mol. The molecule has 0 bridgehead atoms. The van der Waals surface area contributed by atoms with E-state index in [-0.39, 0.29) is 5.82 Å². The maximum atomic E-state index is 13.4. The van der Waals surface area contributed by atoms with Gasteiger partial charge in [-0.2, -0.15) is 0 Å². The molecule has 18 heavy (non-hydrogen) atoms. The molecule has 1 nitrogen and oxygen atoms in total. The first-order valence-corrected chi connectivity index (χ1v) is 6.68. The van der Waals surface area contributed by atoms with E-state index < -0.39 is 0 Å². The second-order valence-corrected chi connectivity index (χ2v) is 5.29. The molecule has 0 amide bonds. The van der Waals surface area contributed by atoms with Crippen molar-refractivity contribution in [3.63, 3.8) is 0 Å². The molecule has 0 aliphatic carbocycles. The lowest BCUT2D eigenvalue weighted by Gasteiger charge is -2.11. The second-order valence-electron chi connectivity index (χ2n) is 4.00. The van der Waals surface area contributed by atoms with Crippen molar-refractivity contribution in [1.82, 2.24) is 0 Å². The lowest BCUT2D eigenvalue weighted by molar-refractivity contribution is 0.619. The van der Waals surface area contributed by atoms with Crippen LogP contribution in [0.4, 0.5) is 10.1 Å². The van der Waals surface area contributed by atoms with E-state index in [1.807, 2.05) is 24.3 Å². The van der Waals surface area contributed by atoms with Gasteiger partial charge in [-0.05, 0) is 36.8 Å². The Labute approximate surface area is 119 Å². The normalized spacial score (nSPS) is 10.4. The summed E-state index contributed by atoms with van der Waals surface area (Å²) in [5, 5.41) is 3.90. The van der Waals surface area contributed by atoms with Crippen LogP contribution in [0.3, 0.4) is 0 Å². The largest absolute Gasteiger partial charge is 0.381 e. The van der Waals surface area contributed by atoms with Gasteiger partial charge >= 0.3 is 0 Å². The molecule has 94 valence electrons. The van der Waals surface area contributed by atoms with Gasteiger partial charge in [-0.25, -0.2) is 4.39 Å². The van der Waals surface area contributed by atoms with Crippen LogP contribution in [-0.4, -0.2) is 0 Å². The average Bonchev–Trinajstić information content (AvgIpc) is 2.33. The molecule has 0 aliphatic heterocycles. The molecule has 2 aromatic rings. The lowest BCUT2D eigenvalue weighted by Crippen LogP contribution is -2.02. The van der Waals surface area contributed by atoms with Gasteiger partial charge in [-0.3, -0.25) is 0 Å². The van der Waals surface area contributed by atoms with Crippen LogP contribution in [-0.2, 0) is 6.54 Å². The minimum Gasteiger partial charge on any atom is -0.381 e. The Hall–Kier alpha value is -1.06. The van der Waals surface area contributed by atoms with Gasteiger partial charge in [0.25, 0.3) is 0 Å². The molecule has 0 spiro atoms. The van der Waals surface area contributed by atoms with Crippen molar-refractivity contribution in [3.05, 3.63) is 62.8 Å². The minimum atomic E-state index is -0.199. The molecule has 1 N–H and O–H groups in total. The van der Waals surface area contributed by atoms with E-state index in [2.05, 4.69) is 21.2 Å². The fourth-order valence-corrected chi connectivity index (χ4v) is 2.48. The number of nitrogens with one attached hydrogen (secondary N) is 1. The fraction of sp³-hybridized carbons (Fsp3) is 0.143. The van der Waals surface area contributed by atoms with E-state index >= 15 is 0 Å². The van der Waals surface area contributed by atoms with Crippen molar-refractivity contribution >= 4 is 33.2 Å². The molecule has 4 heteroatoms. The molecule has 0 fully saturated rings. The summed E-state index contributed by atoms with van der Waals surface area (Å²) in [6.07, 6.45) is 0. The minimum absolute atomic E-state index is 0.199.